The lowest BCUT2D eigenvalue weighted by molar-refractivity contribution is -0.0608. The molecule has 0 spiro atoms. The van der Waals surface area contributed by atoms with Gasteiger partial charge in [0.2, 0.25) is 0 Å². The van der Waals surface area contributed by atoms with Gasteiger partial charge in [-0.05, 0) is 44.0 Å². The molecule has 20 heavy (non-hydrogen) atoms. The lowest BCUT2D eigenvalue weighted by Gasteiger charge is -2.43. The van der Waals surface area contributed by atoms with E-state index in [2.05, 4.69) is 11.8 Å². The highest BCUT2D eigenvalue weighted by molar-refractivity contribution is 6.30. The second-order valence-corrected chi connectivity index (χ2v) is 6.06. The minimum absolute atomic E-state index is 0.00320. The SMILES string of the molecule is COC1(C)CCCN(C(CN)c2ccc(Cl)c(F)c2)C1. The molecule has 0 amide bonds. The highest BCUT2D eigenvalue weighted by atomic mass is 35.5. The van der Waals surface area contributed by atoms with Gasteiger partial charge in [0, 0.05) is 26.2 Å². The molecular formula is C15H22ClFN2O. The van der Waals surface area contributed by atoms with Crippen LogP contribution in [0.25, 0.3) is 0 Å². The molecule has 1 aliphatic heterocycles. The summed E-state index contributed by atoms with van der Waals surface area (Å²) < 4.78 is 19.2. The Labute approximate surface area is 124 Å². The Bertz CT molecular complexity index is 471. The Balaban J connectivity index is 2.21. The summed E-state index contributed by atoms with van der Waals surface area (Å²) >= 11 is 5.74. The Kier molecular flexibility index (Phi) is 5.02. The largest absolute Gasteiger partial charge is 0.377 e. The van der Waals surface area contributed by atoms with Crippen LogP contribution in [-0.4, -0.2) is 37.2 Å². The summed E-state index contributed by atoms with van der Waals surface area (Å²) in [6.45, 7) is 4.30. The lowest BCUT2D eigenvalue weighted by Crippen LogP contribution is -2.49. The maximum absolute atomic E-state index is 13.6. The van der Waals surface area contributed by atoms with Gasteiger partial charge in [0.25, 0.3) is 0 Å². The van der Waals surface area contributed by atoms with Crippen LogP contribution in [0, 0.1) is 5.82 Å². The molecule has 0 aliphatic carbocycles. The Morgan fingerprint density at radius 3 is 2.90 bits per heavy atom. The summed E-state index contributed by atoms with van der Waals surface area (Å²) in [5.41, 5.74) is 6.63. The second-order valence-electron chi connectivity index (χ2n) is 5.65. The molecule has 0 bridgehead atoms. The predicted molar refractivity (Wildman–Crippen MR) is 79.4 cm³/mol. The minimum Gasteiger partial charge on any atom is -0.377 e. The van der Waals surface area contributed by atoms with Crippen molar-refractivity contribution in [2.75, 3.05) is 26.7 Å². The molecule has 2 unspecified atom stereocenters. The van der Waals surface area contributed by atoms with Crippen LogP contribution in [0.5, 0.6) is 0 Å². The molecule has 0 radical (unpaired) electrons. The molecule has 1 saturated heterocycles. The molecule has 0 aromatic heterocycles. The number of likely N-dealkylation sites (tertiary alicyclic amines) is 1. The number of ether oxygens (including phenoxy) is 1. The van der Waals surface area contributed by atoms with Crippen molar-refractivity contribution in [3.63, 3.8) is 0 Å². The van der Waals surface area contributed by atoms with Gasteiger partial charge in [-0.3, -0.25) is 4.90 Å². The fourth-order valence-corrected chi connectivity index (χ4v) is 3.01. The third-order valence-corrected chi connectivity index (χ3v) is 4.48. The first-order valence-corrected chi connectivity index (χ1v) is 7.31. The molecule has 0 saturated carbocycles. The van der Waals surface area contributed by atoms with Crippen LogP contribution in [0.4, 0.5) is 4.39 Å². The highest BCUT2D eigenvalue weighted by Gasteiger charge is 2.34. The molecule has 2 atom stereocenters. The van der Waals surface area contributed by atoms with Crippen LogP contribution in [0.2, 0.25) is 5.02 Å². The average molecular weight is 301 g/mol. The quantitative estimate of drug-likeness (QED) is 0.929. The zero-order chi connectivity index (χ0) is 14.8. The molecule has 1 heterocycles. The van der Waals surface area contributed by atoms with Gasteiger partial charge in [-0.15, -0.1) is 0 Å². The maximum atomic E-state index is 13.6. The van der Waals surface area contributed by atoms with Gasteiger partial charge in [0.05, 0.1) is 10.6 Å². The van der Waals surface area contributed by atoms with Crippen LogP contribution >= 0.6 is 11.6 Å². The number of piperidine rings is 1. The zero-order valence-electron chi connectivity index (χ0n) is 12.0. The molecule has 2 rings (SSSR count). The fraction of sp³-hybridized carbons (Fsp3) is 0.600. The third-order valence-electron chi connectivity index (χ3n) is 4.17. The van der Waals surface area contributed by atoms with Crippen molar-refractivity contribution in [3.8, 4) is 0 Å². The van der Waals surface area contributed by atoms with Gasteiger partial charge < -0.3 is 10.5 Å². The molecule has 1 aromatic rings. The molecule has 3 nitrogen and oxygen atoms in total. The summed E-state index contributed by atoms with van der Waals surface area (Å²) in [4.78, 5) is 2.27. The number of hydrogen-bond acceptors (Lipinski definition) is 3. The van der Waals surface area contributed by atoms with E-state index in [1.807, 2.05) is 6.07 Å². The first kappa shape index (κ1) is 15.7. The summed E-state index contributed by atoms with van der Waals surface area (Å²) in [5, 5.41) is 0.143. The van der Waals surface area contributed by atoms with E-state index < -0.39 is 5.82 Å². The van der Waals surface area contributed by atoms with E-state index in [1.165, 1.54) is 6.07 Å². The van der Waals surface area contributed by atoms with E-state index >= 15 is 0 Å². The van der Waals surface area contributed by atoms with Crippen molar-refractivity contribution in [1.29, 1.82) is 0 Å². The first-order valence-electron chi connectivity index (χ1n) is 6.93. The van der Waals surface area contributed by atoms with E-state index in [9.17, 15) is 4.39 Å². The van der Waals surface area contributed by atoms with Crippen molar-refractivity contribution >= 4 is 11.6 Å². The van der Waals surface area contributed by atoms with Gasteiger partial charge in [-0.2, -0.15) is 0 Å². The Hall–Kier alpha value is -0.680. The first-order chi connectivity index (χ1) is 9.49. The van der Waals surface area contributed by atoms with Crippen LogP contribution in [-0.2, 0) is 4.74 Å². The van der Waals surface area contributed by atoms with Gasteiger partial charge in [-0.25, -0.2) is 4.39 Å². The number of benzene rings is 1. The van der Waals surface area contributed by atoms with Crippen molar-refractivity contribution in [1.82, 2.24) is 4.90 Å². The van der Waals surface area contributed by atoms with Crippen LogP contribution in [0.1, 0.15) is 31.4 Å². The van der Waals surface area contributed by atoms with Crippen LogP contribution < -0.4 is 5.73 Å². The van der Waals surface area contributed by atoms with Gasteiger partial charge in [0.15, 0.2) is 0 Å². The standard InChI is InChI=1S/C15H22ClFN2O/c1-15(20-2)6-3-7-19(10-15)14(9-18)11-4-5-12(16)13(17)8-11/h4-5,8,14H,3,6-7,9-10,18H2,1-2H3. The number of nitrogens with two attached hydrogens (primary N) is 1. The summed E-state index contributed by atoms with van der Waals surface area (Å²) in [7, 11) is 1.74. The van der Waals surface area contributed by atoms with Gasteiger partial charge >= 0.3 is 0 Å². The van der Waals surface area contributed by atoms with Gasteiger partial charge in [-0.1, -0.05) is 17.7 Å². The molecule has 1 fully saturated rings. The molecule has 112 valence electrons. The number of hydrogen-bond donors (Lipinski definition) is 1. The molecule has 5 heteroatoms. The molecule has 1 aliphatic rings. The van der Waals surface area contributed by atoms with Crippen molar-refractivity contribution in [3.05, 3.63) is 34.6 Å². The van der Waals surface area contributed by atoms with E-state index in [0.717, 1.165) is 31.5 Å². The topological polar surface area (TPSA) is 38.5 Å². The molecule has 2 N–H and O–H groups in total. The summed E-state index contributed by atoms with van der Waals surface area (Å²) in [6.07, 6.45) is 2.09. The predicted octanol–water partition coefficient (Wildman–Crippen LogP) is 2.98. The highest BCUT2D eigenvalue weighted by Crippen LogP contribution is 2.31. The Morgan fingerprint density at radius 2 is 2.30 bits per heavy atom. The van der Waals surface area contributed by atoms with Crippen molar-refractivity contribution < 1.29 is 9.13 Å². The number of methoxy groups -OCH3 is 1. The lowest BCUT2D eigenvalue weighted by atomic mass is 9.92. The second kappa shape index (κ2) is 6.39. The molecular weight excluding hydrogens is 279 g/mol. The molecule has 1 aromatic carbocycles. The summed E-state index contributed by atoms with van der Waals surface area (Å²) in [6, 6.07) is 4.92. The monoisotopic (exact) mass is 300 g/mol. The fourth-order valence-electron chi connectivity index (χ4n) is 2.89. The zero-order valence-corrected chi connectivity index (χ0v) is 12.8. The minimum atomic E-state index is -0.394. The summed E-state index contributed by atoms with van der Waals surface area (Å²) in [5.74, 6) is -0.394. The van der Waals surface area contributed by atoms with E-state index in [4.69, 9.17) is 22.1 Å². The number of rotatable bonds is 4. The van der Waals surface area contributed by atoms with Crippen LogP contribution in [0.3, 0.4) is 0 Å². The smallest absolute Gasteiger partial charge is 0.142 e. The maximum Gasteiger partial charge on any atom is 0.142 e. The van der Waals surface area contributed by atoms with Gasteiger partial charge in [0.1, 0.15) is 5.82 Å². The van der Waals surface area contributed by atoms with Crippen LogP contribution in [0.15, 0.2) is 18.2 Å². The Morgan fingerprint density at radius 1 is 1.55 bits per heavy atom. The normalized spacial score (nSPS) is 25.6. The van der Waals surface area contributed by atoms with Crippen molar-refractivity contribution in [2.45, 2.75) is 31.4 Å². The van der Waals surface area contributed by atoms with Crippen molar-refractivity contribution in [2.24, 2.45) is 5.73 Å². The van der Waals surface area contributed by atoms with E-state index in [0.29, 0.717) is 6.54 Å². The number of halogens is 2. The van der Waals surface area contributed by atoms with E-state index in [-0.39, 0.29) is 16.7 Å². The van der Waals surface area contributed by atoms with E-state index in [1.54, 1.807) is 13.2 Å². The number of nitrogens with zero attached hydrogens (tertiary/aromatic N) is 1. The average Bonchev–Trinajstić information content (AvgIpc) is 2.44. The third kappa shape index (κ3) is 3.31.